The zero-order valence-corrected chi connectivity index (χ0v) is 28.4. The van der Waals surface area contributed by atoms with Crippen molar-refractivity contribution in [1.82, 2.24) is 0 Å². The Morgan fingerprint density at radius 2 is 0.827 bits per heavy atom. The summed E-state index contributed by atoms with van der Waals surface area (Å²) in [4.78, 5) is 2.42. The number of furan rings is 1. The van der Waals surface area contributed by atoms with Crippen molar-refractivity contribution in [3.8, 4) is 33.4 Å². The maximum atomic E-state index is 6.76. The number of nitrogens with zero attached hydrogens (tertiary/aromatic N) is 1. The van der Waals surface area contributed by atoms with Crippen LogP contribution >= 0.6 is 0 Å². The molecule has 0 aliphatic rings. The number of fused-ring (bicyclic) bond motifs is 6. The van der Waals surface area contributed by atoms with Crippen molar-refractivity contribution in [2.45, 2.75) is 0 Å². The van der Waals surface area contributed by atoms with Crippen LogP contribution in [0.2, 0.25) is 0 Å². The molecule has 1 aromatic heterocycles. The van der Waals surface area contributed by atoms with Crippen LogP contribution in [0.5, 0.6) is 0 Å². The van der Waals surface area contributed by atoms with Crippen LogP contribution in [0.3, 0.4) is 0 Å². The third-order valence-electron chi connectivity index (χ3n) is 10.2. The van der Waals surface area contributed by atoms with Gasteiger partial charge in [-0.05, 0) is 74.3 Å². The highest BCUT2D eigenvalue weighted by Gasteiger charge is 2.26. The molecule has 2 heteroatoms. The second-order valence-electron chi connectivity index (χ2n) is 13.3. The van der Waals surface area contributed by atoms with Gasteiger partial charge in [0.25, 0.3) is 0 Å². The van der Waals surface area contributed by atoms with Crippen molar-refractivity contribution < 1.29 is 4.42 Å². The topological polar surface area (TPSA) is 16.4 Å². The molecule has 9 aromatic carbocycles. The van der Waals surface area contributed by atoms with Crippen LogP contribution in [0.15, 0.2) is 205 Å². The minimum Gasteiger partial charge on any atom is -0.454 e. The number of hydrogen-bond donors (Lipinski definition) is 0. The summed E-state index contributed by atoms with van der Waals surface area (Å²) in [6.07, 6.45) is 0. The highest BCUT2D eigenvalue weighted by atomic mass is 16.3. The molecule has 10 rings (SSSR count). The number of para-hydroxylation sites is 2. The van der Waals surface area contributed by atoms with Gasteiger partial charge in [-0.3, -0.25) is 0 Å². The molecule has 0 unspecified atom stereocenters. The van der Waals surface area contributed by atoms with E-state index in [1.165, 1.54) is 43.8 Å². The highest BCUT2D eigenvalue weighted by Crippen LogP contribution is 2.51. The van der Waals surface area contributed by atoms with Crippen molar-refractivity contribution in [3.05, 3.63) is 200 Å². The molecule has 0 radical (unpaired) electrons. The second kappa shape index (κ2) is 12.5. The lowest BCUT2D eigenvalue weighted by Gasteiger charge is -2.30. The lowest BCUT2D eigenvalue weighted by atomic mass is 9.90. The third kappa shape index (κ3) is 4.96. The summed E-state index contributed by atoms with van der Waals surface area (Å²) in [7, 11) is 0. The first-order chi connectivity index (χ1) is 25.8. The Balaban J connectivity index is 1.26. The van der Waals surface area contributed by atoms with E-state index in [0.717, 1.165) is 50.1 Å². The standard InChI is InChI=1S/C50H33NO/c1-3-15-34(16-4-1)37-19-13-20-38(33-37)35-29-31-39(32-30-35)51(46-27-14-26-45-42-23-11-12-28-47(42)52-50(45)46)49-44-25-10-8-22-41(44)40-21-7-9-24-43(40)48(49)36-17-5-2-6-18-36/h1-33H. The fourth-order valence-corrected chi connectivity index (χ4v) is 7.86. The van der Waals surface area contributed by atoms with E-state index in [2.05, 4.69) is 199 Å². The van der Waals surface area contributed by atoms with E-state index in [9.17, 15) is 0 Å². The molecule has 0 amide bonds. The molecule has 0 N–H and O–H groups in total. The molecule has 0 aliphatic heterocycles. The van der Waals surface area contributed by atoms with E-state index >= 15 is 0 Å². The van der Waals surface area contributed by atoms with E-state index in [4.69, 9.17) is 4.42 Å². The van der Waals surface area contributed by atoms with Gasteiger partial charge in [-0.15, -0.1) is 0 Å². The average Bonchev–Trinajstić information content (AvgIpc) is 3.61. The van der Waals surface area contributed by atoms with E-state index in [1.54, 1.807) is 0 Å². The van der Waals surface area contributed by atoms with Gasteiger partial charge in [-0.2, -0.15) is 0 Å². The van der Waals surface area contributed by atoms with Crippen LogP contribution in [0.25, 0.3) is 76.9 Å². The Bertz CT molecular complexity index is 2890. The Kier molecular flexibility index (Phi) is 7.18. The number of rotatable bonds is 6. The van der Waals surface area contributed by atoms with Crippen molar-refractivity contribution in [1.29, 1.82) is 0 Å². The summed E-state index contributed by atoms with van der Waals surface area (Å²) in [5.41, 5.74) is 12.0. The van der Waals surface area contributed by atoms with Gasteiger partial charge in [0.1, 0.15) is 5.58 Å². The van der Waals surface area contributed by atoms with Crippen LogP contribution in [-0.4, -0.2) is 0 Å². The maximum Gasteiger partial charge on any atom is 0.159 e. The fourth-order valence-electron chi connectivity index (χ4n) is 7.86. The first-order valence-electron chi connectivity index (χ1n) is 17.8. The fraction of sp³-hybridized carbons (Fsp3) is 0. The average molecular weight is 664 g/mol. The van der Waals surface area contributed by atoms with Gasteiger partial charge < -0.3 is 9.32 Å². The largest absolute Gasteiger partial charge is 0.454 e. The van der Waals surface area contributed by atoms with Crippen LogP contribution in [-0.2, 0) is 0 Å². The van der Waals surface area contributed by atoms with Gasteiger partial charge in [0, 0.05) is 27.4 Å². The molecule has 0 aliphatic carbocycles. The van der Waals surface area contributed by atoms with Crippen LogP contribution in [0.4, 0.5) is 17.1 Å². The molecule has 244 valence electrons. The Morgan fingerprint density at radius 3 is 1.54 bits per heavy atom. The Hall–Kier alpha value is -6.90. The predicted molar refractivity (Wildman–Crippen MR) is 220 cm³/mol. The molecule has 0 atom stereocenters. The zero-order valence-electron chi connectivity index (χ0n) is 28.4. The lowest BCUT2D eigenvalue weighted by molar-refractivity contribution is 0.669. The first-order valence-corrected chi connectivity index (χ1v) is 17.8. The monoisotopic (exact) mass is 663 g/mol. The quantitative estimate of drug-likeness (QED) is 0.165. The minimum atomic E-state index is 0.861. The van der Waals surface area contributed by atoms with Crippen LogP contribution in [0, 0.1) is 0 Å². The van der Waals surface area contributed by atoms with Crippen molar-refractivity contribution in [2.24, 2.45) is 0 Å². The van der Waals surface area contributed by atoms with E-state index in [-0.39, 0.29) is 0 Å². The Labute approximate surface area is 302 Å². The van der Waals surface area contributed by atoms with Crippen molar-refractivity contribution in [2.75, 3.05) is 4.90 Å². The maximum absolute atomic E-state index is 6.76. The van der Waals surface area contributed by atoms with Gasteiger partial charge in [0.05, 0.1) is 11.4 Å². The second-order valence-corrected chi connectivity index (χ2v) is 13.3. The number of anilines is 3. The van der Waals surface area contributed by atoms with Gasteiger partial charge >= 0.3 is 0 Å². The van der Waals surface area contributed by atoms with Crippen LogP contribution < -0.4 is 4.90 Å². The summed E-state index contributed by atoms with van der Waals surface area (Å²) in [5.74, 6) is 0. The molecule has 52 heavy (non-hydrogen) atoms. The summed E-state index contributed by atoms with van der Waals surface area (Å²) in [5, 5.41) is 7.03. The predicted octanol–water partition coefficient (Wildman–Crippen LogP) is 14.4. The van der Waals surface area contributed by atoms with Crippen LogP contribution in [0.1, 0.15) is 0 Å². The lowest BCUT2D eigenvalue weighted by Crippen LogP contribution is -2.12. The van der Waals surface area contributed by atoms with Gasteiger partial charge in [-0.25, -0.2) is 0 Å². The summed E-state index contributed by atoms with van der Waals surface area (Å²) < 4.78 is 6.76. The van der Waals surface area contributed by atoms with Crippen molar-refractivity contribution >= 4 is 60.5 Å². The Morgan fingerprint density at radius 1 is 0.327 bits per heavy atom. The minimum absolute atomic E-state index is 0.861. The molecule has 0 saturated carbocycles. The molecule has 1 heterocycles. The van der Waals surface area contributed by atoms with Gasteiger partial charge in [0.15, 0.2) is 5.58 Å². The molecule has 0 spiro atoms. The summed E-state index contributed by atoms with van der Waals surface area (Å²) in [6, 6.07) is 71.6. The van der Waals surface area contributed by atoms with Crippen molar-refractivity contribution in [3.63, 3.8) is 0 Å². The highest BCUT2D eigenvalue weighted by molar-refractivity contribution is 6.23. The molecule has 0 saturated heterocycles. The summed E-state index contributed by atoms with van der Waals surface area (Å²) >= 11 is 0. The molecule has 0 bridgehead atoms. The summed E-state index contributed by atoms with van der Waals surface area (Å²) in [6.45, 7) is 0. The van der Waals surface area contributed by atoms with E-state index < -0.39 is 0 Å². The van der Waals surface area contributed by atoms with E-state index in [0.29, 0.717) is 0 Å². The zero-order chi connectivity index (χ0) is 34.4. The van der Waals surface area contributed by atoms with Gasteiger partial charge in [0.2, 0.25) is 0 Å². The third-order valence-corrected chi connectivity index (χ3v) is 10.2. The molecular formula is C50H33NO. The SMILES string of the molecule is c1ccc(-c2cccc(-c3ccc(N(c4c(-c5ccccc5)c5ccccc5c5ccccc45)c4cccc5c4oc4ccccc45)cc3)c2)cc1. The smallest absolute Gasteiger partial charge is 0.159 e. The first kappa shape index (κ1) is 30.0. The van der Waals surface area contributed by atoms with E-state index in [1.807, 2.05) is 6.07 Å². The molecule has 0 fully saturated rings. The number of benzene rings is 9. The molecule has 10 aromatic rings. The van der Waals surface area contributed by atoms with Gasteiger partial charge in [-0.1, -0.05) is 170 Å². The normalized spacial score (nSPS) is 11.5. The molecule has 2 nitrogen and oxygen atoms in total. The molecular weight excluding hydrogens is 631 g/mol. The number of hydrogen-bond acceptors (Lipinski definition) is 2.